The topological polar surface area (TPSA) is 68.5 Å². The van der Waals surface area contributed by atoms with Crippen LogP contribution in [0.15, 0.2) is 36.2 Å². The first kappa shape index (κ1) is 15.8. The molecule has 1 aromatic carbocycles. The second-order valence-corrected chi connectivity index (χ2v) is 6.07. The molecule has 0 aliphatic rings. The molecule has 0 radical (unpaired) electrons. The van der Waals surface area contributed by atoms with Gasteiger partial charge >= 0.3 is 6.09 Å². The molecule has 0 saturated heterocycles. The summed E-state index contributed by atoms with van der Waals surface area (Å²) in [5, 5.41) is 9.68. The molecule has 0 aliphatic carbocycles. The minimum absolute atomic E-state index is 0.109. The normalized spacial score (nSPS) is 10.7. The molecular formula is C14H10Cl2N4O2S. The maximum atomic E-state index is 11.5. The van der Waals surface area contributed by atoms with Gasteiger partial charge in [-0.25, -0.2) is 9.31 Å². The number of amides is 1. The molecule has 3 aromatic rings. The molecule has 0 bridgehead atoms. The predicted molar refractivity (Wildman–Crippen MR) is 91.5 cm³/mol. The number of carbonyl (C=O) groups excluding carboxylic acids is 1. The zero-order valence-electron chi connectivity index (χ0n) is 11.6. The van der Waals surface area contributed by atoms with Gasteiger partial charge in [-0.3, -0.25) is 5.32 Å². The van der Waals surface area contributed by atoms with E-state index in [1.54, 1.807) is 22.7 Å². The smallest absolute Gasteiger partial charge is 0.414 e. The number of anilines is 1. The van der Waals surface area contributed by atoms with Gasteiger partial charge in [0.05, 0.1) is 10.7 Å². The molecule has 3 rings (SSSR count). The van der Waals surface area contributed by atoms with E-state index in [0.717, 1.165) is 11.3 Å². The fraction of sp³-hybridized carbons (Fsp3) is 0.0714. The molecule has 0 saturated carbocycles. The van der Waals surface area contributed by atoms with Crippen molar-refractivity contribution in [3.05, 3.63) is 46.3 Å². The van der Waals surface area contributed by atoms with E-state index < -0.39 is 6.09 Å². The Morgan fingerprint density at radius 3 is 3.09 bits per heavy atom. The molecule has 1 N–H and O–H groups in total. The van der Waals surface area contributed by atoms with Gasteiger partial charge in [-0.1, -0.05) is 35.9 Å². The number of carbonyl (C=O) groups is 1. The second-order valence-electron chi connectivity index (χ2n) is 4.39. The van der Waals surface area contributed by atoms with E-state index >= 15 is 0 Å². The Hall–Kier alpha value is -2.09. The summed E-state index contributed by atoms with van der Waals surface area (Å²) in [7, 11) is 0. The molecule has 0 fully saturated rings. The van der Waals surface area contributed by atoms with Gasteiger partial charge in [0, 0.05) is 16.0 Å². The number of fused-ring (bicyclic) bond motifs is 1. The van der Waals surface area contributed by atoms with E-state index in [0.29, 0.717) is 15.0 Å². The van der Waals surface area contributed by atoms with Crippen LogP contribution in [0.4, 0.5) is 10.7 Å². The fourth-order valence-electron chi connectivity index (χ4n) is 1.88. The quantitative estimate of drug-likeness (QED) is 0.688. The highest BCUT2D eigenvalue weighted by Crippen LogP contribution is 2.33. The maximum absolute atomic E-state index is 11.5. The van der Waals surface area contributed by atoms with Crippen LogP contribution in [0.1, 0.15) is 0 Å². The molecule has 118 valence electrons. The molecule has 0 spiro atoms. The monoisotopic (exact) mass is 368 g/mol. The lowest BCUT2D eigenvalue weighted by Crippen LogP contribution is -2.14. The predicted octanol–water partition coefficient (Wildman–Crippen LogP) is 4.50. The first-order valence-corrected chi connectivity index (χ1v) is 8.06. The summed E-state index contributed by atoms with van der Waals surface area (Å²) in [6.07, 6.45) is 0.823. The maximum Gasteiger partial charge on any atom is 0.414 e. The third-order valence-electron chi connectivity index (χ3n) is 2.83. The fourth-order valence-corrected chi connectivity index (χ4v) is 3.08. The van der Waals surface area contributed by atoms with Gasteiger partial charge in [0.2, 0.25) is 4.96 Å². The highest BCUT2D eigenvalue weighted by atomic mass is 35.5. The van der Waals surface area contributed by atoms with Crippen molar-refractivity contribution in [3.8, 4) is 11.3 Å². The van der Waals surface area contributed by atoms with Gasteiger partial charge in [0.25, 0.3) is 5.95 Å². The van der Waals surface area contributed by atoms with Crippen LogP contribution in [-0.4, -0.2) is 27.3 Å². The first-order valence-electron chi connectivity index (χ1n) is 6.43. The molecule has 0 unspecified atom stereocenters. The number of thiazole rings is 1. The lowest BCUT2D eigenvalue weighted by molar-refractivity contribution is 0.174. The average Bonchev–Trinajstić information content (AvgIpc) is 3.07. The molecule has 23 heavy (non-hydrogen) atoms. The number of hydrogen-bond donors (Lipinski definition) is 1. The van der Waals surface area contributed by atoms with Crippen molar-refractivity contribution >= 4 is 51.5 Å². The molecule has 1 amide bonds. The Bertz CT molecular complexity index is 890. The Morgan fingerprint density at radius 1 is 1.48 bits per heavy atom. The summed E-state index contributed by atoms with van der Waals surface area (Å²) in [4.78, 5) is 16.3. The summed E-state index contributed by atoms with van der Waals surface area (Å²) in [6.45, 7) is 3.57. The number of rotatable bonds is 4. The lowest BCUT2D eigenvalue weighted by Gasteiger charge is -2.03. The van der Waals surface area contributed by atoms with Crippen molar-refractivity contribution in [2.45, 2.75) is 0 Å². The minimum atomic E-state index is -0.648. The standard InChI is InChI=1S/C14H10Cl2N4O2S/c1-2-5-22-14(21)18-12-17-13-20(19-12)11(7-23-13)9-6-8(15)3-4-10(9)16/h2-4,6-7H,1,5H2,(H,18,19,21). The third-order valence-corrected chi connectivity index (χ3v) is 4.21. The number of aromatic nitrogens is 3. The summed E-state index contributed by atoms with van der Waals surface area (Å²) in [5.41, 5.74) is 1.47. The Morgan fingerprint density at radius 2 is 2.30 bits per heavy atom. The van der Waals surface area contributed by atoms with Crippen LogP contribution in [0.25, 0.3) is 16.2 Å². The molecule has 9 heteroatoms. The van der Waals surface area contributed by atoms with E-state index in [1.807, 2.05) is 5.38 Å². The van der Waals surface area contributed by atoms with Crippen LogP contribution >= 0.6 is 34.5 Å². The molecule has 0 aliphatic heterocycles. The van der Waals surface area contributed by atoms with E-state index in [9.17, 15) is 4.79 Å². The van der Waals surface area contributed by atoms with Gasteiger partial charge in [-0.2, -0.15) is 4.98 Å². The largest absolute Gasteiger partial charge is 0.445 e. The van der Waals surface area contributed by atoms with Crippen LogP contribution in [0.3, 0.4) is 0 Å². The number of nitrogens with one attached hydrogen (secondary N) is 1. The van der Waals surface area contributed by atoms with Crippen LogP contribution in [0.2, 0.25) is 10.0 Å². The van der Waals surface area contributed by atoms with Crippen LogP contribution < -0.4 is 5.32 Å². The van der Waals surface area contributed by atoms with Crippen LogP contribution in [0.5, 0.6) is 0 Å². The minimum Gasteiger partial charge on any atom is -0.445 e. The van der Waals surface area contributed by atoms with Gasteiger partial charge in [0.15, 0.2) is 0 Å². The average molecular weight is 369 g/mol. The number of ether oxygens (including phenoxy) is 1. The lowest BCUT2D eigenvalue weighted by atomic mass is 10.2. The van der Waals surface area contributed by atoms with Crippen molar-refractivity contribution in [3.63, 3.8) is 0 Å². The SMILES string of the molecule is C=CCOC(=O)Nc1nc2scc(-c3cc(Cl)ccc3Cl)n2n1. The second kappa shape index (κ2) is 6.57. The zero-order chi connectivity index (χ0) is 16.4. The zero-order valence-corrected chi connectivity index (χ0v) is 14.0. The molecule has 2 heterocycles. The van der Waals surface area contributed by atoms with Crippen molar-refractivity contribution in [2.75, 3.05) is 11.9 Å². The van der Waals surface area contributed by atoms with Crippen molar-refractivity contribution in [1.29, 1.82) is 0 Å². The molecule has 6 nitrogen and oxygen atoms in total. The van der Waals surface area contributed by atoms with Gasteiger partial charge in [-0.05, 0) is 18.2 Å². The van der Waals surface area contributed by atoms with Crippen LogP contribution in [0, 0.1) is 0 Å². The first-order chi connectivity index (χ1) is 11.1. The number of benzene rings is 1. The molecule has 2 aromatic heterocycles. The Labute approximate surface area is 145 Å². The van der Waals surface area contributed by atoms with Crippen molar-refractivity contribution in [1.82, 2.24) is 14.6 Å². The summed E-state index contributed by atoms with van der Waals surface area (Å²) in [5.74, 6) is 0.144. The van der Waals surface area contributed by atoms with Crippen LogP contribution in [-0.2, 0) is 4.74 Å². The third kappa shape index (κ3) is 3.31. The van der Waals surface area contributed by atoms with E-state index in [1.165, 1.54) is 17.4 Å². The summed E-state index contributed by atoms with van der Waals surface area (Å²) >= 11 is 13.6. The van der Waals surface area contributed by atoms with E-state index in [4.69, 9.17) is 27.9 Å². The number of hydrogen-bond acceptors (Lipinski definition) is 5. The summed E-state index contributed by atoms with van der Waals surface area (Å²) in [6, 6.07) is 5.17. The highest BCUT2D eigenvalue weighted by molar-refractivity contribution is 7.15. The van der Waals surface area contributed by atoms with Gasteiger partial charge < -0.3 is 4.74 Å². The highest BCUT2D eigenvalue weighted by Gasteiger charge is 2.15. The van der Waals surface area contributed by atoms with Gasteiger partial charge in [0.1, 0.15) is 6.61 Å². The number of nitrogens with zero attached hydrogens (tertiary/aromatic N) is 3. The van der Waals surface area contributed by atoms with Gasteiger partial charge in [-0.15, -0.1) is 16.4 Å². The van der Waals surface area contributed by atoms with Crippen molar-refractivity contribution < 1.29 is 9.53 Å². The van der Waals surface area contributed by atoms with Crippen molar-refractivity contribution in [2.24, 2.45) is 0 Å². The molecular weight excluding hydrogens is 359 g/mol. The molecule has 0 atom stereocenters. The Balaban J connectivity index is 1.93. The van der Waals surface area contributed by atoms with E-state index in [-0.39, 0.29) is 12.6 Å². The summed E-state index contributed by atoms with van der Waals surface area (Å²) < 4.78 is 6.41. The Kier molecular flexibility index (Phi) is 4.51. The number of halogens is 2. The van der Waals surface area contributed by atoms with E-state index in [2.05, 4.69) is 22.0 Å².